The van der Waals surface area contributed by atoms with E-state index in [4.69, 9.17) is 19.5 Å². The Morgan fingerprint density at radius 1 is 0.860 bits per heavy atom. The van der Waals surface area contributed by atoms with Crippen molar-refractivity contribution >= 4 is 12.2 Å². The third kappa shape index (κ3) is 8.03. The van der Waals surface area contributed by atoms with Gasteiger partial charge in [0.05, 0.1) is 18.5 Å². The molecule has 0 aliphatic carbocycles. The first-order chi connectivity index (χ1) is 20.6. The number of aromatic hydroxyl groups is 1. The second kappa shape index (κ2) is 14.7. The highest BCUT2D eigenvalue weighted by Gasteiger charge is 2.40. The molecule has 2 unspecified atom stereocenters. The van der Waals surface area contributed by atoms with Gasteiger partial charge in [0.25, 0.3) is 0 Å². The molecule has 2 atom stereocenters. The van der Waals surface area contributed by atoms with Gasteiger partial charge in [-0.1, -0.05) is 92.8 Å². The van der Waals surface area contributed by atoms with Crippen molar-refractivity contribution in [3.05, 3.63) is 93.5 Å². The smallest absolute Gasteiger partial charge is 0.209 e. The van der Waals surface area contributed by atoms with Crippen LogP contribution in [0.25, 0.3) is 0 Å². The summed E-state index contributed by atoms with van der Waals surface area (Å²) in [6.45, 7) is 13.5. The Morgan fingerprint density at radius 2 is 1.60 bits per heavy atom. The van der Waals surface area contributed by atoms with Gasteiger partial charge in [-0.2, -0.15) is 0 Å². The molecule has 0 fully saturated rings. The van der Waals surface area contributed by atoms with Gasteiger partial charge < -0.3 is 25.0 Å². The summed E-state index contributed by atoms with van der Waals surface area (Å²) in [5, 5.41) is 25.3. The lowest BCUT2D eigenvalue weighted by atomic mass is 9.87. The van der Waals surface area contributed by atoms with E-state index in [1.165, 1.54) is 18.4 Å². The number of aliphatic hydroxyl groups excluding tert-OH is 1. The third-order valence-electron chi connectivity index (χ3n) is 7.81. The lowest BCUT2D eigenvalue weighted by molar-refractivity contribution is 0.0105. The number of hydrogen-bond donors (Lipinski definition) is 3. The molecule has 0 saturated heterocycles. The topological polar surface area (TPSA) is 95.7 Å². The predicted octanol–water partition coefficient (Wildman–Crippen LogP) is 6.88. The molecule has 0 spiro atoms. The van der Waals surface area contributed by atoms with Crippen LogP contribution in [0.3, 0.4) is 0 Å². The van der Waals surface area contributed by atoms with Gasteiger partial charge >= 0.3 is 0 Å². The quantitative estimate of drug-likeness (QED) is 0.179. The van der Waals surface area contributed by atoms with Crippen molar-refractivity contribution in [2.75, 3.05) is 19.8 Å². The molecule has 7 nitrogen and oxygen atoms in total. The molecule has 43 heavy (non-hydrogen) atoms. The summed E-state index contributed by atoms with van der Waals surface area (Å²) in [7, 11) is 0. The van der Waals surface area contributed by atoms with Crippen LogP contribution in [0, 0.1) is 33.6 Å². The molecular formula is C36H47N3O4. The first kappa shape index (κ1) is 32.2. The first-order valence-corrected chi connectivity index (χ1v) is 15.4. The second-order valence-electron chi connectivity index (χ2n) is 12.1. The number of ether oxygens (including phenoxy) is 2. The van der Waals surface area contributed by atoms with Gasteiger partial charge in [-0.05, 0) is 57.2 Å². The SMILES string of the molecule is Cc1ccc(C2=NC(c3ccc(C)cc3C)(c3cccc(OCC(O)COCCCCCC(C)C)c3O)N=CN2)c(C)c1. The second-order valence-corrected chi connectivity index (χ2v) is 12.1. The molecule has 0 bridgehead atoms. The van der Waals surface area contributed by atoms with Crippen LogP contribution >= 0.6 is 0 Å². The molecule has 0 radical (unpaired) electrons. The number of benzene rings is 3. The van der Waals surface area contributed by atoms with Gasteiger partial charge in [-0.25, -0.2) is 9.98 Å². The summed E-state index contributed by atoms with van der Waals surface area (Å²) >= 11 is 0. The minimum Gasteiger partial charge on any atom is -0.504 e. The number of amidine groups is 1. The summed E-state index contributed by atoms with van der Waals surface area (Å²) in [5.41, 5.74) is 5.44. The highest BCUT2D eigenvalue weighted by atomic mass is 16.5. The van der Waals surface area contributed by atoms with Crippen LogP contribution in [-0.4, -0.2) is 48.3 Å². The van der Waals surface area contributed by atoms with Crippen LogP contribution in [0.1, 0.15) is 78.5 Å². The summed E-state index contributed by atoms with van der Waals surface area (Å²) in [6.07, 6.45) is 5.35. The molecule has 1 aliphatic heterocycles. The Morgan fingerprint density at radius 3 is 2.33 bits per heavy atom. The predicted molar refractivity (Wildman–Crippen MR) is 175 cm³/mol. The van der Waals surface area contributed by atoms with Crippen LogP contribution < -0.4 is 10.1 Å². The van der Waals surface area contributed by atoms with Crippen LogP contribution in [0.5, 0.6) is 11.5 Å². The van der Waals surface area contributed by atoms with Gasteiger partial charge in [-0.15, -0.1) is 0 Å². The number of aliphatic hydroxyl groups is 1. The molecule has 230 valence electrons. The van der Waals surface area contributed by atoms with Crippen LogP contribution in [0.15, 0.2) is 64.6 Å². The van der Waals surface area contributed by atoms with Crippen molar-refractivity contribution in [3.63, 3.8) is 0 Å². The average molecular weight is 586 g/mol. The Labute approximate surface area is 256 Å². The Bertz CT molecular complexity index is 1450. The first-order valence-electron chi connectivity index (χ1n) is 15.4. The average Bonchev–Trinajstić information content (AvgIpc) is 2.96. The van der Waals surface area contributed by atoms with Crippen molar-refractivity contribution in [1.29, 1.82) is 0 Å². The van der Waals surface area contributed by atoms with E-state index in [-0.39, 0.29) is 24.7 Å². The normalized spacial score (nSPS) is 17.1. The summed E-state index contributed by atoms with van der Waals surface area (Å²) in [4.78, 5) is 10.1. The van der Waals surface area contributed by atoms with E-state index >= 15 is 0 Å². The standard InChI is InChI=1S/C36H47N3O4/c1-24(2)11-8-7-9-18-42-21-29(40)22-43-33-13-10-12-32(34(33)41)36(31-17-15-26(4)20-28(31)6)38-23-37-35(39-36)30-16-14-25(3)19-27(30)5/h10,12-17,19-20,23-24,29,40-41H,7-9,11,18,21-22H2,1-6H3,(H,37,38,39). The molecule has 1 aliphatic rings. The third-order valence-corrected chi connectivity index (χ3v) is 7.81. The van der Waals surface area contributed by atoms with E-state index in [2.05, 4.69) is 57.3 Å². The molecule has 3 aromatic carbocycles. The van der Waals surface area contributed by atoms with Crippen molar-refractivity contribution < 1.29 is 19.7 Å². The molecule has 3 N–H and O–H groups in total. The van der Waals surface area contributed by atoms with Gasteiger partial charge in [-0.3, -0.25) is 0 Å². The fourth-order valence-corrected chi connectivity index (χ4v) is 5.54. The number of nitrogens with one attached hydrogen (secondary N) is 1. The Hall–Kier alpha value is -3.68. The van der Waals surface area contributed by atoms with Gasteiger partial charge in [0.15, 0.2) is 11.5 Å². The Kier molecular flexibility index (Phi) is 11.0. The molecule has 7 heteroatoms. The number of para-hydroxylation sites is 1. The van der Waals surface area contributed by atoms with Crippen molar-refractivity contribution in [3.8, 4) is 11.5 Å². The summed E-state index contributed by atoms with van der Waals surface area (Å²) < 4.78 is 11.6. The highest BCUT2D eigenvalue weighted by molar-refractivity contribution is 6.07. The highest BCUT2D eigenvalue weighted by Crippen LogP contribution is 2.45. The number of aliphatic imine (C=N–C) groups is 2. The van der Waals surface area contributed by atoms with Crippen molar-refractivity contribution in [1.82, 2.24) is 5.32 Å². The maximum atomic E-state index is 11.6. The van der Waals surface area contributed by atoms with E-state index in [1.807, 2.05) is 38.1 Å². The van der Waals surface area contributed by atoms with E-state index in [9.17, 15) is 10.2 Å². The largest absolute Gasteiger partial charge is 0.504 e. The number of nitrogens with zero attached hydrogens (tertiary/aromatic N) is 2. The number of phenols is 1. The van der Waals surface area contributed by atoms with E-state index < -0.39 is 11.8 Å². The molecule has 4 rings (SSSR count). The van der Waals surface area contributed by atoms with E-state index in [1.54, 1.807) is 12.4 Å². The van der Waals surface area contributed by atoms with Gasteiger partial charge in [0.2, 0.25) is 5.66 Å². The number of aryl methyl sites for hydroxylation is 4. The van der Waals surface area contributed by atoms with Gasteiger partial charge in [0.1, 0.15) is 18.5 Å². The lowest BCUT2D eigenvalue weighted by Gasteiger charge is -2.33. The summed E-state index contributed by atoms with van der Waals surface area (Å²) in [5.74, 6) is 1.57. The zero-order valence-electron chi connectivity index (χ0n) is 26.5. The van der Waals surface area contributed by atoms with Crippen LogP contribution in [-0.2, 0) is 10.4 Å². The minimum absolute atomic E-state index is 0.0111. The molecule has 3 aromatic rings. The number of rotatable bonds is 14. The molecular weight excluding hydrogens is 538 g/mol. The maximum Gasteiger partial charge on any atom is 0.209 e. The van der Waals surface area contributed by atoms with Crippen molar-refractivity contribution in [2.45, 2.75) is 79.0 Å². The zero-order chi connectivity index (χ0) is 31.0. The fraction of sp³-hybridized carbons (Fsp3) is 0.444. The Balaban J connectivity index is 1.58. The number of phenolic OH excluding ortho intramolecular Hbond substituents is 1. The minimum atomic E-state index is -1.25. The molecule has 0 saturated carbocycles. The monoisotopic (exact) mass is 585 g/mol. The summed E-state index contributed by atoms with van der Waals surface area (Å²) in [6, 6.07) is 17.7. The number of unbranched alkanes of at least 4 members (excludes halogenated alkanes) is 2. The zero-order valence-corrected chi connectivity index (χ0v) is 26.5. The maximum absolute atomic E-state index is 11.6. The van der Waals surface area contributed by atoms with Crippen LogP contribution in [0.4, 0.5) is 0 Å². The number of hydrogen-bond acceptors (Lipinski definition) is 7. The fourth-order valence-electron chi connectivity index (χ4n) is 5.54. The lowest BCUT2D eigenvalue weighted by Crippen LogP contribution is -2.37. The molecule has 0 amide bonds. The van der Waals surface area contributed by atoms with Crippen molar-refractivity contribution in [2.24, 2.45) is 15.9 Å². The van der Waals surface area contributed by atoms with Gasteiger partial charge in [0, 0.05) is 17.7 Å². The molecule has 0 aromatic heterocycles. The van der Waals surface area contributed by atoms with E-state index in [0.29, 0.717) is 18.0 Å². The van der Waals surface area contributed by atoms with E-state index in [0.717, 1.165) is 46.6 Å². The van der Waals surface area contributed by atoms with Crippen LogP contribution in [0.2, 0.25) is 0 Å². The molecule has 1 heterocycles.